The van der Waals surface area contributed by atoms with Crippen LogP contribution in [0.2, 0.25) is 10.0 Å². The van der Waals surface area contributed by atoms with Crippen molar-refractivity contribution in [2.45, 2.75) is 31.5 Å². The number of thioether (sulfide) groups is 1. The standard InChI is InChI=1S/C22H24Cl2N4O3S/c1-3-28-20(9-6-12-31-18-11-10-15(23)13-16(18)24)26-27-22(28)32-14-21(29)25-17-7-4-5-8-19(17)30-2/h4-5,7-8,10-11,13H,3,6,9,12,14H2,1-2H3,(H,25,29). The van der Waals surface area contributed by atoms with Crippen LogP contribution in [0, 0.1) is 0 Å². The third-order valence-corrected chi connectivity index (χ3v) is 6.02. The number of methoxy groups -OCH3 is 1. The number of aromatic nitrogens is 3. The molecule has 0 atom stereocenters. The summed E-state index contributed by atoms with van der Waals surface area (Å²) in [6.45, 7) is 3.22. The molecular formula is C22H24Cl2N4O3S. The largest absolute Gasteiger partial charge is 0.495 e. The fourth-order valence-electron chi connectivity index (χ4n) is 3.00. The third kappa shape index (κ3) is 6.54. The van der Waals surface area contributed by atoms with Crippen molar-refractivity contribution in [3.05, 3.63) is 58.3 Å². The highest BCUT2D eigenvalue weighted by Gasteiger charge is 2.14. The van der Waals surface area contributed by atoms with E-state index in [1.165, 1.54) is 11.8 Å². The average Bonchev–Trinajstić information content (AvgIpc) is 3.18. The molecule has 0 spiro atoms. The first-order valence-electron chi connectivity index (χ1n) is 10.1. The number of amides is 1. The number of nitrogens with zero attached hydrogens (tertiary/aromatic N) is 3. The fourth-order valence-corrected chi connectivity index (χ4v) is 4.28. The van der Waals surface area contributed by atoms with Crippen LogP contribution in [0.1, 0.15) is 19.2 Å². The van der Waals surface area contributed by atoms with Crippen LogP contribution in [0.25, 0.3) is 0 Å². The van der Waals surface area contributed by atoms with Gasteiger partial charge in [-0.05, 0) is 43.7 Å². The molecule has 0 fully saturated rings. The van der Waals surface area contributed by atoms with Gasteiger partial charge < -0.3 is 19.4 Å². The van der Waals surface area contributed by atoms with Gasteiger partial charge in [-0.1, -0.05) is 47.1 Å². The normalized spacial score (nSPS) is 10.8. The molecule has 0 saturated carbocycles. The van der Waals surface area contributed by atoms with Crippen LogP contribution in [0.15, 0.2) is 47.6 Å². The van der Waals surface area contributed by atoms with E-state index in [-0.39, 0.29) is 11.7 Å². The van der Waals surface area contributed by atoms with Crippen LogP contribution in [-0.4, -0.2) is 40.1 Å². The molecule has 32 heavy (non-hydrogen) atoms. The molecule has 0 bridgehead atoms. The Balaban J connectivity index is 1.50. The van der Waals surface area contributed by atoms with Gasteiger partial charge in [0, 0.05) is 18.0 Å². The maximum atomic E-state index is 12.4. The first-order chi connectivity index (χ1) is 15.5. The highest BCUT2D eigenvalue weighted by Crippen LogP contribution is 2.28. The summed E-state index contributed by atoms with van der Waals surface area (Å²) in [6, 6.07) is 12.4. The van der Waals surface area contributed by atoms with Gasteiger partial charge in [0.15, 0.2) is 5.16 Å². The molecule has 0 aliphatic heterocycles. The van der Waals surface area contributed by atoms with Gasteiger partial charge >= 0.3 is 0 Å². The molecule has 1 amide bonds. The zero-order valence-electron chi connectivity index (χ0n) is 17.8. The molecule has 3 rings (SSSR count). The lowest BCUT2D eigenvalue weighted by molar-refractivity contribution is -0.113. The summed E-state index contributed by atoms with van der Waals surface area (Å²) in [6.07, 6.45) is 1.44. The van der Waals surface area contributed by atoms with Gasteiger partial charge in [-0.3, -0.25) is 4.79 Å². The second-order valence-electron chi connectivity index (χ2n) is 6.71. The molecule has 0 radical (unpaired) electrons. The Kier molecular flexibility index (Phi) is 9.08. The van der Waals surface area contributed by atoms with Gasteiger partial charge in [0.1, 0.15) is 17.3 Å². The van der Waals surface area contributed by atoms with E-state index < -0.39 is 0 Å². The number of ether oxygens (including phenoxy) is 2. The minimum Gasteiger partial charge on any atom is -0.495 e. The number of anilines is 1. The number of aryl methyl sites for hydroxylation is 1. The molecule has 0 unspecified atom stereocenters. The highest BCUT2D eigenvalue weighted by atomic mass is 35.5. The maximum absolute atomic E-state index is 12.4. The summed E-state index contributed by atoms with van der Waals surface area (Å²) in [7, 11) is 1.57. The Morgan fingerprint density at radius 1 is 1.16 bits per heavy atom. The third-order valence-electron chi connectivity index (χ3n) is 4.52. The molecular weight excluding hydrogens is 471 g/mol. The predicted octanol–water partition coefficient (Wildman–Crippen LogP) is 5.36. The monoisotopic (exact) mass is 494 g/mol. The van der Waals surface area contributed by atoms with E-state index in [9.17, 15) is 4.79 Å². The lowest BCUT2D eigenvalue weighted by Gasteiger charge is -2.10. The average molecular weight is 495 g/mol. The van der Waals surface area contributed by atoms with E-state index in [1.54, 1.807) is 37.4 Å². The first-order valence-corrected chi connectivity index (χ1v) is 11.8. The Morgan fingerprint density at radius 2 is 1.97 bits per heavy atom. The van der Waals surface area contributed by atoms with Crippen LogP contribution < -0.4 is 14.8 Å². The van der Waals surface area contributed by atoms with Crippen LogP contribution in [0.5, 0.6) is 11.5 Å². The van der Waals surface area contributed by atoms with Crippen LogP contribution in [0.3, 0.4) is 0 Å². The topological polar surface area (TPSA) is 78.3 Å². The first kappa shape index (κ1) is 24.2. The van der Waals surface area contributed by atoms with E-state index in [0.29, 0.717) is 52.0 Å². The van der Waals surface area contributed by atoms with Crippen molar-refractivity contribution in [2.24, 2.45) is 0 Å². The molecule has 3 aromatic rings. The molecule has 7 nitrogen and oxygen atoms in total. The number of rotatable bonds is 11. The summed E-state index contributed by atoms with van der Waals surface area (Å²) < 4.78 is 13.0. The zero-order valence-corrected chi connectivity index (χ0v) is 20.1. The summed E-state index contributed by atoms with van der Waals surface area (Å²) in [5.74, 6) is 2.15. The van der Waals surface area contributed by atoms with Crippen LogP contribution >= 0.6 is 35.0 Å². The lowest BCUT2D eigenvalue weighted by Crippen LogP contribution is -2.15. The Hall–Kier alpha value is -2.42. The summed E-state index contributed by atoms with van der Waals surface area (Å²) in [5, 5.41) is 13.2. The molecule has 1 N–H and O–H groups in total. The van der Waals surface area contributed by atoms with Crippen LogP contribution in [-0.2, 0) is 17.8 Å². The number of nitrogens with one attached hydrogen (secondary N) is 1. The number of halogens is 2. The minimum atomic E-state index is -0.139. The van der Waals surface area contributed by atoms with E-state index >= 15 is 0 Å². The van der Waals surface area contributed by atoms with Crippen molar-refractivity contribution < 1.29 is 14.3 Å². The van der Waals surface area contributed by atoms with Crippen molar-refractivity contribution in [1.29, 1.82) is 0 Å². The van der Waals surface area contributed by atoms with Gasteiger partial charge in [0.05, 0.1) is 30.2 Å². The van der Waals surface area contributed by atoms with Crippen molar-refractivity contribution in [1.82, 2.24) is 14.8 Å². The molecule has 0 aliphatic rings. The molecule has 170 valence electrons. The SMILES string of the molecule is CCn1c(CCCOc2ccc(Cl)cc2Cl)nnc1SCC(=O)Nc1ccccc1OC. The number of carbonyl (C=O) groups excluding carboxylic acids is 1. The van der Waals surface area contributed by atoms with E-state index in [0.717, 1.165) is 12.2 Å². The quantitative estimate of drug-likeness (QED) is 0.285. The number of hydrogen-bond donors (Lipinski definition) is 1. The second-order valence-corrected chi connectivity index (χ2v) is 8.49. The van der Waals surface area contributed by atoms with E-state index in [4.69, 9.17) is 32.7 Å². The van der Waals surface area contributed by atoms with Crippen molar-refractivity contribution >= 4 is 46.6 Å². The molecule has 10 heteroatoms. The summed E-state index contributed by atoms with van der Waals surface area (Å²) in [4.78, 5) is 12.4. The Labute approximate surface area is 201 Å². The van der Waals surface area contributed by atoms with Gasteiger partial charge in [0.25, 0.3) is 0 Å². The van der Waals surface area contributed by atoms with E-state index in [2.05, 4.69) is 15.5 Å². The molecule has 1 aromatic heterocycles. The maximum Gasteiger partial charge on any atom is 0.234 e. The number of hydrogen-bond acceptors (Lipinski definition) is 6. The zero-order chi connectivity index (χ0) is 22.9. The highest BCUT2D eigenvalue weighted by molar-refractivity contribution is 7.99. The Morgan fingerprint density at radius 3 is 2.72 bits per heavy atom. The second kappa shape index (κ2) is 12.0. The number of carbonyl (C=O) groups is 1. The number of para-hydroxylation sites is 2. The summed E-state index contributed by atoms with van der Waals surface area (Å²) in [5.41, 5.74) is 0.638. The smallest absolute Gasteiger partial charge is 0.234 e. The van der Waals surface area contributed by atoms with Gasteiger partial charge in [-0.15, -0.1) is 10.2 Å². The molecule has 1 heterocycles. The van der Waals surface area contributed by atoms with Crippen LogP contribution in [0.4, 0.5) is 5.69 Å². The Bertz CT molecular complexity index is 1060. The van der Waals surface area contributed by atoms with Gasteiger partial charge in [0.2, 0.25) is 5.91 Å². The molecule has 0 aliphatic carbocycles. The lowest BCUT2D eigenvalue weighted by atomic mass is 10.3. The molecule has 2 aromatic carbocycles. The molecule has 0 saturated heterocycles. The van der Waals surface area contributed by atoms with Crippen molar-refractivity contribution in [3.8, 4) is 11.5 Å². The van der Waals surface area contributed by atoms with Crippen molar-refractivity contribution in [2.75, 3.05) is 24.8 Å². The predicted molar refractivity (Wildman–Crippen MR) is 128 cm³/mol. The van der Waals surface area contributed by atoms with E-state index in [1.807, 2.05) is 23.6 Å². The fraction of sp³-hybridized carbons (Fsp3) is 0.318. The summed E-state index contributed by atoms with van der Waals surface area (Å²) >= 11 is 13.4. The minimum absolute atomic E-state index is 0.139. The van der Waals surface area contributed by atoms with Crippen molar-refractivity contribution in [3.63, 3.8) is 0 Å². The van der Waals surface area contributed by atoms with Gasteiger partial charge in [-0.25, -0.2) is 0 Å². The number of benzene rings is 2. The van der Waals surface area contributed by atoms with Gasteiger partial charge in [-0.2, -0.15) is 0 Å².